The van der Waals surface area contributed by atoms with Crippen LogP contribution in [-0.2, 0) is 6.42 Å². The Kier molecular flexibility index (Phi) is 1.85. The molecule has 2 nitrogen and oxygen atoms in total. The van der Waals surface area contributed by atoms with Gasteiger partial charge in [0, 0.05) is 18.8 Å². The number of hydrogen-bond acceptors (Lipinski definition) is 1. The summed E-state index contributed by atoms with van der Waals surface area (Å²) in [4.78, 5) is 3.46. The normalized spacial score (nSPS) is 9.33. The third kappa shape index (κ3) is 1.85. The molecule has 0 bridgehead atoms. The van der Waals surface area contributed by atoms with Crippen molar-refractivity contribution in [3.8, 4) is 0 Å². The molecule has 9 heavy (non-hydrogen) atoms. The quantitative estimate of drug-likeness (QED) is 0.598. The fourth-order valence-electron chi connectivity index (χ4n) is 0.670. The minimum absolute atomic E-state index is 0.537. The van der Waals surface area contributed by atoms with E-state index in [-0.39, 0.29) is 0 Å². The first-order chi connectivity index (χ1) is 4.29. The van der Waals surface area contributed by atoms with Gasteiger partial charge in [-0.15, -0.1) is 0 Å². The van der Waals surface area contributed by atoms with Crippen LogP contribution >= 0.6 is 12.2 Å². The van der Waals surface area contributed by atoms with E-state index in [4.69, 9.17) is 18.0 Å². The Morgan fingerprint density at radius 2 is 2.56 bits per heavy atom. The van der Waals surface area contributed by atoms with Gasteiger partial charge < -0.3 is 10.7 Å². The van der Waals surface area contributed by atoms with Crippen LogP contribution in [0.15, 0.2) is 18.5 Å². The van der Waals surface area contributed by atoms with Gasteiger partial charge in [-0.1, -0.05) is 12.2 Å². The maximum Gasteiger partial charge on any atom is 0.0772 e. The van der Waals surface area contributed by atoms with Crippen LogP contribution in [0.3, 0.4) is 0 Å². The van der Waals surface area contributed by atoms with E-state index in [1.165, 1.54) is 0 Å². The van der Waals surface area contributed by atoms with Crippen molar-refractivity contribution in [3.63, 3.8) is 0 Å². The number of hydrogen-bond donors (Lipinski definition) is 2. The van der Waals surface area contributed by atoms with E-state index in [9.17, 15) is 0 Å². The van der Waals surface area contributed by atoms with Gasteiger partial charge in [0.25, 0.3) is 0 Å². The van der Waals surface area contributed by atoms with E-state index >= 15 is 0 Å². The molecule has 0 aliphatic heterocycles. The second-order valence-electron chi connectivity index (χ2n) is 1.86. The first kappa shape index (κ1) is 6.29. The zero-order valence-electron chi connectivity index (χ0n) is 4.92. The zero-order valence-corrected chi connectivity index (χ0v) is 5.74. The molecule has 48 valence electrons. The Morgan fingerprint density at radius 1 is 1.78 bits per heavy atom. The first-order valence-electron chi connectivity index (χ1n) is 2.69. The third-order valence-corrected chi connectivity index (χ3v) is 1.19. The van der Waals surface area contributed by atoms with Crippen molar-refractivity contribution in [2.24, 2.45) is 5.73 Å². The summed E-state index contributed by atoms with van der Waals surface area (Å²) in [6.45, 7) is 0. The smallest absolute Gasteiger partial charge is 0.0772 e. The summed E-state index contributed by atoms with van der Waals surface area (Å²) in [5, 5.41) is 0. The number of aromatic amines is 1. The summed E-state index contributed by atoms with van der Waals surface area (Å²) in [5.41, 5.74) is 6.44. The number of thiocarbonyl (C=S) groups is 1. The van der Waals surface area contributed by atoms with Crippen molar-refractivity contribution in [3.05, 3.63) is 24.0 Å². The third-order valence-electron chi connectivity index (χ3n) is 1.04. The first-order valence-corrected chi connectivity index (χ1v) is 3.10. The molecule has 0 amide bonds. The average Bonchev–Trinajstić information content (AvgIpc) is 2.15. The molecule has 0 fully saturated rings. The fraction of sp³-hybridized carbons (Fsp3) is 0.167. The molecule has 1 heterocycles. The molecule has 0 spiro atoms. The minimum Gasteiger partial charge on any atom is -0.393 e. The van der Waals surface area contributed by atoms with Gasteiger partial charge in [0.2, 0.25) is 0 Å². The molecule has 0 aliphatic rings. The van der Waals surface area contributed by atoms with Crippen LogP contribution in [0.25, 0.3) is 0 Å². The van der Waals surface area contributed by atoms with Gasteiger partial charge in [0.15, 0.2) is 0 Å². The van der Waals surface area contributed by atoms with Crippen LogP contribution in [0.5, 0.6) is 0 Å². The summed E-state index contributed by atoms with van der Waals surface area (Å²) in [6.07, 6.45) is 4.44. The lowest BCUT2D eigenvalue weighted by Crippen LogP contribution is -2.10. The van der Waals surface area contributed by atoms with Crippen LogP contribution in [-0.4, -0.2) is 9.97 Å². The van der Waals surface area contributed by atoms with Gasteiger partial charge >= 0.3 is 0 Å². The van der Waals surface area contributed by atoms with Crippen molar-refractivity contribution in [2.75, 3.05) is 0 Å². The van der Waals surface area contributed by atoms with E-state index in [1.807, 2.05) is 18.5 Å². The van der Waals surface area contributed by atoms with Gasteiger partial charge in [0.1, 0.15) is 0 Å². The predicted octanol–water partition coefficient (Wildman–Crippen LogP) is 0.843. The lowest BCUT2D eigenvalue weighted by atomic mass is 10.2. The summed E-state index contributed by atoms with van der Waals surface area (Å²) in [6, 6.07) is 1.96. The van der Waals surface area contributed by atoms with Gasteiger partial charge in [-0.3, -0.25) is 0 Å². The molecule has 0 saturated heterocycles. The van der Waals surface area contributed by atoms with Gasteiger partial charge in [0.05, 0.1) is 4.99 Å². The topological polar surface area (TPSA) is 41.8 Å². The van der Waals surface area contributed by atoms with Gasteiger partial charge in [-0.05, 0) is 11.6 Å². The van der Waals surface area contributed by atoms with E-state index in [2.05, 4.69) is 4.98 Å². The van der Waals surface area contributed by atoms with Crippen LogP contribution < -0.4 is 5.73 Å². The highest BCUT2D eigenvalue weighted by atomic mass is 32.1. The number of H-pyrrole nitrogens is 1. The fourth-order valence-corrected chi connectivity index (χ4v) is 0.836. The van der Waals surface area contributed by atoms with Crippen molar-refractivity contribution in [1.82, 2.24) is 4.98 Å². The van der Waals surface area contributed by atoms with Crippen LogP contribution in [0.2, 0.25) is 0 Å². The zero-order chi connectivity index (χ0) is 6.69. The Balaban J connectivity index is 2.58. The SMILES string of the molecule is NC(=S)Cc1cc[nH]c1. The van der Waals surface area contributed by atoms with Crippen molar-refractivity contribution < 1.29 is 0 Å². The van der Waals surface area contributed by atoms with E-state index in [1.54, 1.807) is 0 Å². The number of nitrogens with two attached hydrogens (primary N) is 1. The Labute approximate surface area is 59.1 Å². The molecule has 0 aromatic carbocycles. The Hall–Kier alpha value is -0.830. The number of nitrogens with one attached hydrogen (secondary N) is 1. The van der Waals surface area contributed by atoms with Crippen LogP contribution in [0, 0.1) is 0 Å². The summed E-state index contributed by atoms with van der Waals surface area (Å²) in [5.74, 6) is 0. The average molecular weight is 140 g/mol. The molecule has 3 heteroatoms. The van der Waals surface area contributed by atoms with Crippen LogP contribution in [0.1, 0.15) is 5.56 Å². The Bertz CT molecular complexity index is 191. The highest BCUT2D eigenvalue weighted by molar-refractivity contribution is 7.80. The molecule has 0 saturated carbocycles. The molecule has 3 N–H and O–H groups in total. The summed E-state index contributed by atoms with van der Waals surface area (Å²) >= 11 is 4.71. The largest absolute Gasteiger partial charge is 0.393 e. The van der Waals surface area contributed by atoms with Gasteiger partial charge in [-0.25, -0.2) is 0 Å². The van der Waals surface area contributed by atoms with Crippen LogP contribution in [0.4, 0.5) is 0 Å². The maximum absolute atomic E-state index is 5.30. The Morgan fingerprint density at radius 3 is 3.00 bits per heavy atom. The van der Waals surface area contributed by atoms with E-state index in [0.717, 1.165) is 5.56 Å². The second-order valence-corrected chi connectivity index (χ2v) is 2.39. The predicted molar refractivity (Wildman–Crippen MR) is 41.3 cm³/mol. The second kappa shape index (κ2) is 2.64. The molecule has 1 rings (SSSR count). The minimum atomic E-state index is 0.537. The number of rotatable bonds is 2. The lowest BCUT2D eigenvalue weighted by molar-refractivity contribution is 1.32. The molecule has 0 unspecified atom stereocenters. The molecular formula is C6H8N2S. The highest BCUT2D eigenvalue weighted by Gasteiger charge is 1.92. The molecule has 0 aliphatic carbocycles. The highest BCUT2D eigenvalue weighted by Crippen LogP contribution is 1.96. The molecule has 0 atom stereocenters. The molecule has 1 aromatic rings. The van der Waals surface area contributed by atoms with Crippen molar-refractivity contribution in [2.45, 2.75) is 6.42 Å². The lowest BCUT2D eigenvalue weighted by Gasteiger charge is -1.90. The molecule has 1 aromatic heterocycles. The van der Waals surface area contributed by atoms with Crippen molar-refractivity contribution in [1.29, 1.82) is 0 Å². The van der Waals surface area contributed by atoms with Gasteiger partial charge in [-0.2, -0.15) is 0 Å². The van der Waals surface area contributed by atoms with E-state index < -0.39 is 0 Å². The van der Waals surface area contributed by atoms with Crippen molar-refractivity contribution >= 4 is 17.2 Å². The summed E-state index contributed by atoms with van der Waals surface area (Å²) < 4.78 is 0. The summed E-state index contributed by atoms with van der Waals surface area (Å²) in [7, 11) is 0. The molecule has 0 radical (unpaired) electrons. The maximum atomic E-state index is 5.30. The monoisotopic (exact) mass is 140 g/mol. The number of aromatic nitrogens is 1. The standard InChI is InChI=1S/C6H8N2S/c7-6(9)3-5-1-2-8-4-5/h1-2,4,8H,3H2,(H2,7,9). The molecular weight excluding hydrogens is 132 g/mol. The van der Waals surface area contributed by atoms with E-state index in [0.29, 0.717) is 11.4 Å².